The van der Waals surface area contributed by atoms with Crippen LogP contribution in [-0.4, -0.2) is 36.7 Å². The minimum atomic E-state index is -0.501. The van der Waals surface area contributed by atoms with E-state index in [2.05, 4.69) is 15.6 Å². The van der Waals surface area contributed by atoms with E-state index < -0.39 is 6.10 Å². The summed E-state index contributed by atoms with van der Waals surface area (Å²) in [7, 11) is 0. The van der Waals surface area contributed by atoms with Crippen molar-refractivity contribution in [3.05, 3.63) is 48.8 Å². The summed E-state index contributed by atoms with van der Waals surface area (Å²) in [6.07, 6.45) is 2.68. The number of carbonyl (C=O) groups excluding carboxylic acids is 1. The third-order valence-corrected chi connectivity index (χ3v) is 3.23. The fraction of sp³-hybridized carbons (Fsp3) is 0.250. The SMILES string of the molecule is O=C(Nc1cnccc1Oc1ccccc1)C1CNCCO1. The number of benzene rings is 1. The zero-order valence-corrected chi connectivity index (χ0v) is 12.0. The number of morpholine rings is 1. The van der Waals surface area contributed by atoms with Gasteiger partial charge in [-0.3, -0.25) is 9.78 Å². The van der Waals surface area contributed by atoms with Crippen molar-refractivity contribution in [3.63, 3.8) is 0 Å². The molecular formula is C16H17N3O3. The molecule has 0 radical (unpaired) electrons. The maximum absolute atomic E-state index is 12.2. The van der Waals surface area contributed by atoms with E-state index in [1.54, 1.807) is 18.5 Å². The number of aromatic nitrogens is 1. The van der Waals surface area contributed by atoms with Crippen LogP contribution in [0.3, 0.4) is 0 Å². The topological polar surface area (TPSA) is 72.5 Å². The van der Waals surface area contributed by atoms with Crippen molar-refractivity contribution in [2.24, 2.45) is 0 Å². The molecule has 6 nitrogen and oxygen atoms in total. The van der Waals surface area contributed by atoms with Crippen LogP contribution in [-0.2, 0) is 9.53 Å². The Morgan fingerprint density at radius 1 is 1.32 bits per heavy atom. The van der Waals surface area contributed by atoms with Gasteiger partial charge in [-0.15, -0.1) is 0 Å². The molecule has 1 fully saturated rings. The van der Waals surface area contributed by atoms with Crippen LogP contribution in [0.4, 0.5) is 5.69 Å². The molecule has 6 heteroatoms. The van der Waals surface area contributed by atoms with Crippen molar-refractivity contribution < 1.29 is 14.3 Å². The van der Waals surface area contributed by atoms with Gasteiger partial charge in [0.15, 0.2) is 5.75 Å². The van der Waals surface area contributed by atoms with Gasteiger partial charge >= 0.3 is 0 Å². The Morgan fingerprint density at radius 3 is 2.95 bits per heavy atom. The van der Waals surface area contributed by atoms with Crippen LogP contribution in [0.25, 0.3) is 0 Å². The van der Waals surface area contributed by atoms with E-state index in [1.807, 2.05) is 30.3 Å². The van der Waals surface area contributed by atoms with Crippen LogP contribution >= 0.6 is 0 Å². The molecule has 2 N–H and O–H groups in total. The maximum Gasteiger partial charge on any atom is 0.254 e. The third-order valence-electron chi connectivity index (χ3n) is 3.23. The lowest BCUT2D eigenvalue weighted by atomic mass is 10.2. The van der Waals surface area contributed by atoms with Crippen molar-refractivity contribution in [3.8, 4) is 11.5 Å². The number of para-hydroxylation sites is 1. The molecule has 0 spiro atoms. The number of hydrogen-bond donors (Lipinski definition) is 2. The molecule has 1 aliphatic rings. The molecule has 1 amide bonds. The van der Waals surface area contributed by atoms with E-state index in [0.29, 0.717) is 30.3 Å². The Labute approximate surface area is 128 Å². The second-order valence-electron chi connectivity index (χ2n) is 4.84. The Kier molecular flexibility index (Phi) is 4.62. The highest BCUT2D eigenvalue weighted by Gasteiger charge is 2.22. The number of hydrogen-bond acceptors (Lipinski definition) is 5. The summed E-state index contributed by atoms with van der Waals surface area (Å²) in [5.74, 6) is 1.02. The fourth-order valence-electron chi connectivity index (χ4n) is 2.13. The second kappa shape index (κ2) is 7.02. The number of amides is 1. The number of nitrogens with zero attached hydrogens (tertiary/aromatic N) is 1. The van der Waals surface area contributed by atoms with Gasteiger partial charge in [-0.2, -0.15) is 0 Å². The normalized spacial score (nSPS) is 17.7. The van der Waals surface area contributed by atoms with E-state index in [9.17, 15) is 4.79 Å². The monoisotopic (exact) mass is 299 g/mol. The molecule has 0 bridgehead atoms. The second-order valence-corrected chi connectivity index (χ2v) is 4.84. The van der Waals surface area contributed by atoms with Gasteiger partial charge in [0.2, 0.25) is 0 Å². The summed E-state index contributed by atoms with van der Waals surface area (Å²) in [6.45, 7) is 1.79. The summed E-state index contributed by atoms with van der Waals surface area (Å²) in [6, 6.07) is 11.1. The first kappa shape index (κ1) is 14.5. The van der Waals surface area contributed by atoms with Crippen LogP contribution in [0.15, 0.2) is 48.8 Å². The van der Waals surface area contributed by atoms with Crippen LogP contribution in [0.5, 0.6) is 11.5 Å². The zero-order valence-electron chi connectivity index (χ0n) is 12.0. The van der Waals surface area contributed by atoms with Gasteiger partial charge in [-0.1, -0.05) is 18.2 Å². The van der Waals surface area contributed by atoms with E-state index in [4.69, 9.17) is 9.47 Å². The fourth-order valence-corrected chi connectivity index (χ4v) is 2.13. The lowest BCUT2D eigenvalue weighted by Gasteiger charge is -2.23. The van der Waals surface area contributed by atoms with Crippen LogP contribution in [0.2, 0.25) is 0 Å². The van der Waals surface area contributed by atoms with Crippen LogP contribution in [0.1, 0.15) is 0 Å². The van der Waals surface area contributed by atoms with E-state index in [0.717, 1.165) is 6.54 Å². The number of nitrogens with one attached hydrogen (secondary N) is 2. The molecule has 1 saturated heterocycles. The molecule has 0 saturated carbocycles. The first-order valence-corrected chi connectivity index (χ1v) is 7.13. The first-order chi connectivity index (χ1) is 10.8. The Hall–Kier alpha value is -2.44. The molecule has 1 aromatic carbocycles. The van der Waals surface area contributed by atoms with Crippen molar-refractivity contribution >= 4 is 11.6 Å². The molecule has 2 aromatic rings. The lowest BCUT2D eigenvalue weighted by molar-refractivity contribution is -0.128. The number of pyridine rings is 1. The lowest BCUT2D eigenvalue weighted by Crippen LogP contribution is -2.45. The van der Waals surface area contributed by atoms with Gasteiger partial charge in [-0.05, 0) is 12.1 Å². The molecule has 114 valence electrons. The predicted molar refractivity (Wildman–Crippen MR) is 82.0 cm³/mol. The molecule has 0 aliphatic carbocycles. The molecule has 22 heavy (non-hydrogen) atoms. The summed E-state index contributed by atoms with van der Waals surface area (Å²) in [5, 5.41) is 5.93. The molecule has 1 aliphatic heterocycles. The van der Waals surface area contributed by atoms with Crippen LogP contribution < -0.4 is 15.4 Å². The largest absolute Gasteiger partial charge is 0.455 e. The van der Waals surface area contributed by atoms with E-state index in [-0.39, 0.29) is 5.91 Å². The zero-order chi connectivity index (χ0) is 15.2. The van der Waals surface area contributed by atoms with Crippen molar-refractivity contribution in [2.75, 3.05) is 25.0 Å². The highest BCUT2D eigenvalue weighted by molar-refractivity contribution is 5.95. The van der Waals surface area contributed by atoms with Gasteiger partial charge in [0.25, 0.3) is 5.91 Å². The van der Waals surface area contributed by atoms with Gasteiger partial charge in [0.1, 0.15) is 17.5 Å². The average Bonchev–Trinajstić information content (AvgIpc) is 2.58. The summed E-state index contributed by atoms with van der Waals surface area (Å²) in [5.41, 5.74) is 0.519. The van der Waals surface area contributed by atoms with Crippen molar-refractivity contribution in [2.45, 2.75) is 6.10 Å². The molecule has 3 rings (SSSR count). The minimum Gasteiger partial charge on any atom is -0.455 e. The van der Waals surface area contributed by atoms with E-state index in [1.165, 1.54) is 0 Å². The van der Waals surface area contributed by atoms with Gasteiger partial charge in [-0.25, -0.2) is 0 Å². The summed E-state index contributed by atoms with van der Waals surface area (Å²) >= 11 is 0. The average molecular weight is 299 g/mol. The molecule has 1 atom stereocenters. The Morgan fingerprint density at radius 2 is 2.18 bits per heavy atom. The Balaban J connectivity index is 1.72. The van der Waals surface area contributed by atoms with Gasteiger partial charge < -0.3 is 20.1 Å². The van der Waals surface area contributed by atoms with Crippen molar-refractivity contribution in [1.82, 2.24) is 10.3 Å². The van der Waals surface area contributed by atoms with E-state index >= 15 is 0 Å². The smallest absolute Gasteiger partial charge is 0.254 e. The maximum atomic E-state index is 12.2. The van der Waals surface area contributed by atoms with Gasteiger partial charge in [0.05, 0.1) is 12.8 Å². The molecule has 1 aromatic heterocycles. The molecule has 1 unspecified atom stereocenters. The Bertz CT molecular complexity index is 628. The predicted octanol–water partition coefficient (Wildman–Crippen LogP) is 1.80. The standard InChI is InChI=1S/C16H17N3O3/c20-16(15-11-18-8-9-21-15)19-13-10-17-7-6-14(13)22-12-4-2-1-3-5-12/h1-7,10,15,18H,8-9,11H2,(H,19,20). The highest BCUT2D eigenvalue weighted by atomic mass is 16.5. The van der Waals surface area contributed by atoms with Gasteiger partial charge in [0, 0.05) is 25.4 Å². The first-order valence-electron chi connectivity index (χ1n) is 7.13. The quantitative estimate of drug-likeness (QED) is 0.900. The van der Waals surface area contributed by atoms with Crippen molar-refractivity contribution in [1.29, 1.82) is 0 Å². The summed E-state index contributed by atoms with van der Waals surface area (Å²) in [4.78, 5) is 16.2. The molecule has 2 heterocycles. The number of ether oxygens (including phenoxy) is 2. The minimum absolute atomic E-state index is 0.210. The van der Waals surface area contributed by atoms with Crippen LogP contribution in [0, 0.1) is 0 Å². The number of carbonyl (C=O) groups is 1. The number of anilines is 1. The molecular weight excluding hydrogens is 282 g/mol. The third kappa shape index (κ3) is 3.60. The number of rotatable bonds is 4. The highest BCUT2D eigenvalue weighted by Crippen LogP contribution is 2.28. The summed E-state index contributed by atoms with van der Waals surface area (Å²) < 4.78 is 11.2.